The van der Waals surface area contributed by atoms with Crippen molar-refractivity contribution in [1.29, 1.82) is 0 Å². The van der Waals surface area contributed by atoms with Gasteiger partial charge < -0.3 is 0 Å². The van der Waals surface area contributed by atoms with Crippen LogP contribution in [0.5, 0.6) is 0 Å². The maximum atomic E-state index is 3.89. The lowest BCUT2D eigenvalue weighted by Gasteiger charge is -2.36. The average Bonchev–Trinajstić information content (AvgIpc) is 2.20. The van der Waals surface area contributed by atoms with Crippen molar-refractivity contribution in [2.24, 2.45) is 23.7 Å². The van der Waals surface area contributed by atoms with E-state index in [4.69, 9.17) is 0 Å². The Labute approximate surface area is 104 Å². The third kappa shape index (κ3) is 4.09. The number of rotatable bonds is 4. The molecule has 0 aromatic rings. The number of hydrogen-bond donors (Lipinski definition) is 0. The molecule has 0 heterocycles. The molecule has 0 N–H and O–H groups in total. The topological polar surface area (TPSA) is 0 Å². The summed E-state index contributed by atoms with van der Waals surface area (Å²) in [4.78, 5) is 0.793. The fourth-order valence-corrected chi connectivity index (χ4v) is 3.49. The highest BCUT2D eigenvalue weighted by Gasteiger charge is 2.30. The summed E-state index contributed by atoms with van der Waals surface area (Å²) in [7, 11) is 0. The van der Waals surface area contributed by atoms with Gasteiger partial charge in [0, 0.05) is 4.83 Å². The molecule has 1 aliphatic carbocycles. The van der Waals surface area contributed by atoms with Crippen molar-refractivity contribution in [2.75, 3.05) is 0 Å². The molecule has 15 heavy (non-hydrogen) atoms. The second kappa shape index (κ2) is 6.27. The second-order valence-electron chi connectivity index (χ2n) is 5.84. The summed E-state index contributed by atoms with van der Waals surface area (Å²) in [5, 5.41) is 0. The lowest BCUT2D eigenvalue weighted by Crippen LogP contribution is -2.28. The molecular formula is C14H27Br. The molecular weight excluding hydrogens is 248 g/mol. The molecule has 0 spiro atoms. The van der Waals surface area contributed by atoms with Crippen LogP contribution >= 0.6 is 15.9 Å². The first-order chi connectivity index (χ1) is 7.04. The van der Waals surface area contributed by atoms with Gasteiger partial charge in [-0.2, -0.15) is 0 Å². The monoisotopic (exact) mass is 274 g/mol. The van der Waals surface area contributed by atoms with E-state index in [2.05, 4.69) is 43.6 Å². The Kier molecular flexibility index (Phi) is 5.66. The highest BCUT2D eigenvalue weighted by Crippen LogP contribution is 2.40. The van der Waals surface area contributed by atoms with Gasteiger partial charge in [0.15, 0.2) is 0 Å². The van der Waals surface area contributed by atoms with Crippen LogP contribution in [0.4, 0.5) is 0 Å². The average molecular weight is 275 g/mol. The molecule has 1 aliphatic rings. The van der Waals surface area contributed by atoms with Crippen LogP contribution in [-0.4, -0.2) is 4.83 Å². The summed E-state index contributed by atoms with van der Waals surface area (Å²) in [6.07, 6.45) is 7.05. The standard InChI is InChI=1S/C14H27Br/c1-5-11(4)8-13-9-12(10(2)3)6-7-14(13)15/h10-14H,5-9H2,1-4H3. The number of alkyl halides is 1. The zero-order chi connectivity index (χ0) is 11.4. The van der Waals surface area contributed by atoms with E-state index in [1.165, 1.54) is 32.1 Å². The van der Waals surface area contributed by atoms with E-state index in [1.807, 2.05) is 0 Å². The molecule has 0 nitrogen and oxygen atoms in total. The zero-order valence-electron chi connectivity index (χ0n) is 10.8. The van der Waals surface area contributed by atoms with Crippen LogP contribution in [0.15, 0.2) is 0 Å². The Hall–Kier alpha value is 0.480. The van der Waals surface area contributed by atoms with Gasteiger partial charge in [-0.15, -0.1) is 0 Å². The van der Waals surface area contributed by atoms with E-state index in [-0.39, 0.29) is 0 Å². The molecule has 0 saturated heterocycles. The second-order valence-corrected chi connectivity index (χ2v) is 7.02. The van der Waals surface area contributed by atoms with Crippen LogP contribution < -0.4 is 0 Å². The lowest BCUT2D eigenvalue weighted by atomic mass is 9.73. The summed E-state index contributed by atoms with van der Waals surface area (Å²) in [6.45, 7) is 9.49. The zero-order valence-corrected chi connectivity index (χ0v) is 12.4. The van der Waals surface area contributed by atoms with Gasteiger partial charge in [0.2, 0.25) is 0 Å². The van der Waals surface area contributed by atoms with E-state index in [0.717, 1.165) is 28.5 Å². The van der Waals surface area contributed by atoms with E-state index >= 15 is 0 Å². The third-order valence-electron chi connectivity index (χ3n) is 4.28. The summed E-state index contributed by atoms with van der Waals surface area (Å²) < 4.78 is 0. The highest BCUT2D eigenvalue weighted by molar-refractivity contribution is 9.09. The molecule has 1 fully saturated rings. The molecule has 0 aromatic heterocycles. The van der Waals surface area contributed by atoms with Crippen molar-refractivity contribution < 1.29 is 0 Å². The van der Waals surface area contributed by atoms with Crippen molar-refractivity contribution in [2.45, 2.75) is 64.6 Å². The Morgan fingerprint density at radius 1 is 1.20 bits per heavy atom. The van der Waals surface area contributed by atoms with Gasteiger partial charge in [-0.3, -0.25) is 0 Å². The predicted molar refractivity (Wildman–Crippen MR) is 72.5 cm³/mol. The van der Waals surface area contributed by atoms with Gasteiger partial charge in [0.25, 0.3) is 0 Å². The van der Waals surface area contributed by atoms with Crippen LogP contribution in [0.3, 0.4) is 0 Å². The van der Waals surface area contributed by atoms with E-state index < -0.39 is 0 Å². The number of halogens is 1. The van der Waals surface area contributed by atoms with Crippen molar-refractivity contribution in [3.8, 4) is 0 Å². The van der Waals surface area contributed by atoms with Gasteiger partial charge in [0.1, 0.15) is 0 Å². The van der Waals surface area contributed by atoms with Gasteiger partial charge in [-0.05, 0) is 49.4 Å². The largest absolute Gasteiger partial charge is 0.0888 e. The highest BCUT2D eigenvalue weighted by atomic mass is 79.9. The van der Waals surface area contributed by atoms with Crippen LogP contribution in [0.25, 0.3) is 0 Å². The van der Waals surface area contributed by atoms with Crippen molar-refractivity contribution in [1.82, 2.24) is 0 Å². The Morgan fingerprint density at radius 2 is 1.87 bits per heavy atom. The van der Waals surface area contributed by atoms with Crippen molar-refractivity contribution in [3.63, 3.8) is 0 Å². The van der Waals surface area contributed by atoms with Gasteiger partial charge in [0.05, 0.1) is 0 Å². The van der Waals surface area contributed by atoms with Gasteiger partial charge >= 0.3 is 0 Å². The number of hydrogen-bond acceptors (Lipinski definition) is 0. The Morgan fingerprint density at radius 3 is 2.40 bits per heavy atom. The first-order valence-corrected chi connectivity index (χ1v) is 7.60. The van der Waals surface area contributed by atoms with Crippen molar-refractivity contribution in [3.05, 3.63) is 0 Å². The summed E-state index contributed by atoms with van der Waals surface area (Å²) in [6, 6.07) is 0. The third-order valence-corrected chi connectivity index (χ3v) is 5.48. The molecule has 4 atom stereocenters. The first kappa shape index (κ1) is 13.5. The molecule has 0 bridgehead atoms. The minimum absolute atomic E-state index is 0.793. The van der Waals surface area contributed by atoms with Crippen LogP contribution in [-0.2, 0) is 0 Å². The van der Waals surface area contributed by atoms with Crippen LogP contribution in [0.2, 0.25) is 0 Å². The normalized spacial score (nSPS) is 34.4. The Balaban J connectivity index is 2.46. The maximum Gasteiger partial charge on any atom is 0.0174 e. The summed E-state index contributed by atoms with van der Waals surface area (Å²) in [5.41, 5.74) is 0. The van der Waals surface area contributed by atoms with Crippen molar-refractivity contribution >= 4 is 15.9 Å². The molecule has 90 valence electrons. The van der Waals surface area contributed by atoms with Crippen LogP contribution in [0, 0.1) is 23.7 Å². The van der Waals surface area contributed by atoms with Gasteiger partial charge in [-0.1, -0.05) is 50.0 Å². The lowest BCUT2D eigenvalue weighted by molar-refractivity contribution is 0.199. The SMILES string of the molecule is CCC(C)CC1CC(C(C)C)CCC1Br. The van der Waals surface area contributed by atoms with E-state index in [0.29, 0.717) is 0 Å². The first-order valence-electron chi connectivity index (χ1n) is 6.68. The smallest absolute Gasteiger partial charge is 0.0174 e. The fraction of sp³-hybridized carbons (Fsp3) is 1.00. The minimum atomic E-state index is 0.793. The molecule has 0 aliphatic heterocycles. The van der Waals surface area contributed by atoms with Gasteiger partial charge in [-0.25, -0.2) is 0 Å². The fourth-order valence-electron chi connectivity index (χ4n) is 2.80. The Bertz CT molecular complexity index is 176. The minimum Gasteiger partial charge on any atom is -0.0888 e. The van der Waals surface area contributed by atoms with Crippen LogP contribution in [0.1, 0.15) is 59.8 Å². The van der Waals surface area contributed by atoms with E-state index in [1.54, 1.807) is 0 Å². The maximum absolute atomic E-state index is 3.89. The molecule has 4 unspecified atom stereocenters. The summed E-state index contributed by atoms with van der Waals surface area (Å²) in [5.74, 6) is 3.69. The van der Waals surface area contributed by atoms with E-state index in [9.17, 15) is 0 Å². The molecule has 0 amide bonds. The molecule has 0 radical (unpaired) electrons. The quantitative estimate of drug-likeness (QED) is 0.614. The molecule has 0 aromatic carbocycles. The predicted octanol–water partition coefficient (Wildman–Crippen LogP) is 5.26. The molecule has 1 rings (SSSR count). The molecule has 1 heteroatoms. The molecule has 1 saturated carbocycles. The summed E-state index contributed by atoms with van der Waals surface area (Å²) >= 11 is 3.89.